The van der Waals surface area contributed by atoms with Crippen LogP contribution in [-0.2, 0) is 0 Å². The topological polar surface area (TPSA) is 105 Å². The van der Waals surface area contributed by atoms with Gasteiger partial charge in [-0.3, -0.25) is 0 Å². The summed E-state index contributed by atoms with van der Waals surface area (Å²) in [5, 5.41) is 4.41. The lowest BCUT2D eigenvalue weighted by Gasteiger charge is -2.30. The Kier molecular flexibility index (Phi) is 9.63. The summed E-state index contributed by atoms with van der Waals surface area (Å²) in [5.74, 6) is 2.20. The van der Waals surface area contributed by atoms with Gasteiger partial charge in [-0.2, -0.15) is 20.1 Å². The maximum absolute atomic E-state index is 12.7. The fourth-order valence-corrected chi connectivity index (χ4v) is 5.39. The van der Waals surface area contributed by atoms with E-state index in [1.165, 1.54) is 12.8 Å². The number of hydrazone groups is 1. The second-order valence-corrected chi connectivity index (χ2v) is 10.9. The zero-order valence-electron chi connectivity index (χ0n) is 22.7. The smallest absolute Gasteiger partial charge is 0.344 e. The third-order valence-corrected chi connectivity index (χ3v) is 7.77. The van der Waals surface area contributed by atoms with Gasteiger partial charge in [-0.1, -0.05) is 12.1 Å². The quantitative estimate of drug-likeness (QED) is 0.105. The zero-order chi connectivity index (χ0) is 27.7. The summed E-state index contributed by atoms with van der Waals surface area (Å²) in [6.45, 7) is 6.11. The first-order valence-corrected chi connectivity index (χ1v) is 15.0. The minimum absolute atomic E-state index is 0.353. The summed E-state index contributed by atoms with van der Waals surface area (Å²) >= 11 is 2.12. The van der Waals surface area contributed by atoms with E-state index in [2.05, 4.69) is 52.9 Å². The first-order valence-electron chi connectivity index (χ1n) is 13.9. The van der Waals surface area contributed by atoms with Crippen molar-refractivity contribution in [1.29, 1.82) is 0 Å². The van der Waals surface area contributed by atoms with Gasteiger partial charge in [-0.05, 0) is 104 Å². The molecule has 2 aliphatic rings. The van der Waals surface area contributed by atoms with Gasteiger partial charge in [0.05, 0.1) is 18.4 Å². The largest absolute Gasteiger partial charge is 0.490 e. The molecule has 2 aromatic carbocycles. The van der Waals surface area contributed by atoms with E-state index < -0.39 is 5.97 Å². The zero-order valence-corrected chi connectivity index (χ0v) is 24.8. The molecular formula is C29H34IN7O3. The molecule has 3 aromatic rings. The lowest BCUT2D eigenvalue weighted by Crippen LogP contribution is -2.34. The lowest BCUT2D eigenvalue weighted by molar-refractivity contribution is 0.0727. The third-order valence-electron chi connectivity index (χ3n) is 6.83. The van der Waals surface area contributed by atoms with E-state index in [1.807, 2.05) is 31.2 Å². The second kappa shape index (κ2) is 13.7. The minimum atomic E-state index is -0.433. The van der Waals surface area contributed by atoms with Gasteiger partial charge in [-0.25, -0.2) is 10.2 Å². The van der Waals surface area contributed by atoms with Gasteiger partial charge in [0.1, 0.15) is 0 Å². The molecule has 0 atom stereocenters. The van der Waals surface area contributed by atoms with E-state index in [0.717, 1.165) is 61.0 Å². The van der Waals surface area contributed by atoms with E-state index in [1.54, 1.807) is 24.4 Å². The fraction of sp³-hybridized carbons (Fsp3) is 0.414. The van der Waals surface area contributed by atoms with Crippen LogP contribution in [0.4, 0.5) is 17.8 Å². The first-order chi connectivity index (χ1) is 19.6. The van der Waals surface area contributed by atoms with E-state index in [9.17, 15) is 4.79 Å². The number of piperidine rings is 2. The lowest BCUT2D eigenvalue weighted by atomic mass is 10.1. The molecule has 40 heavy (non-hydrogen) atoms. The highest BCUT2D eigenvalue weighted by molar-refractivity contribution is 14.1. The normalized spacial score (nSPS) is 15.8. The van der Waals surface area contributed by atoms with Crippen LogP contribution >= 0.6 is 22.6 Å². The Balaban J connectivity index is 1.32. The van der Waals surface area contributed by atoms with Crippen LogP contribution in [0.15, 0.2) is 47.6 Å². The van der Waals surface area contributed by atoms with E-state index in [4.69, 9.17) is 14.5 Å². The van der Waals surface area contributed by atoms with Crippen molar-refractivity contribution in [2.24, 2.45) is 5.10 Å². The van der Waals surface area contributed by atoms with Crippen molar-refractivity contribution < 1.29 is 14.3 Å². The van der Waals surface area contributed by atoms with E-state index in [0.29, 0.717) is 41.5 Å². The van der Waals surface area contributed by atoms with Crippen molar-refractivity contribution in [3.05, 3.63) is 57.2 Å². The number of anilines is 3. The van der Waals surface area contributed by atoms with Crippen LogP contribution in [-0.4, -0.2) is 59.9 Å². The molecule has 10 nitrogen and oxygen atoms in total. The molecular weight excluding hydrogens is 621 g/mol. The molecule has 0 unspecified atom stereocenters. The number of halogens is 1. The van der Waals surface area contributed by atoms with Crippen LogP contribution in [0.1, 0.15) is 61.4 Å². The Morgan fingerprint density at radius 1 is 0.925 bits per heavy atom. The fourth-order valence-electron chi connectivity index (χ4n) is 4.78. The number of carbonyl (C=O) groups is 1. The minimum Gasteiger partial charge on any atom is -0.490 e. The monoisotopic (exact) mass is 655 g/mol. The average Bonchev–Trinajstić information content (AvgIpc) is 2.99. The first kappa shape index (κ1) is 28.1. The number of rotatable bonds is 9. The highest BCUT2D eigenvalue weighted by Gasteiger charge is 2.20. The van der Waals surface area contributed by atoms with Crippen LogP contribution in [0.3, 0.4) is 0 Å². The van der Waals surface area contributed by atoms with Gasteiger partial charge in [0, 0.05) is 29.7 Å². The second-order valence-electron chi connectivity index (χ2n) is 9.73. The van der Waals surface area contributed by atoms with Gasteiger partial charge in [0.15, 0.2) is 11.5 Å². The van der Waals surface area contributed by atoms with Crippen molar-refractivity contribution in [2.45, 2.75) is 45.4 Å². The highest BCUT2D eigenvalue weighted by atomic mass is 127. The number of hydrogen-bond donors (Lipinski definition) is 1. The molecule has 0 saturated carbocycles. The van der Waals surface area contributed by atoms with Crippen molar-refractivity contribution in [3.8, 4) is 11.5 Å². The maximum atomic E-state index is 12.7. The molecule has 1 aromatic heterocycles. The molecule has 0 amide bonds. The number of ether oxygens (including phenoxy) is 2. The molecule has 3 heterocycles. The molecule has 0 aliphatic carbocycles. The van der Waals surface area contributed by atoms with Crippen molar-refractivity contribution >= 4 is 52.6 Å². The number of nitrogens with zero attached hydrogens (tertiary/aromatic N) is 6. The SMILES string of the molecule is CCOc1cc(/C=N\Nc2nc(N3CCCCC3)nc(N3CCCCC3)n2)ccc1OC(=O)c1ccccc1I. The summed E-state index contributed by atoms with van der Waals surface area (Å²) in [5.41, 5.74) is 4.28. The summed E-state index contributed by atoms with van der Waals surface area (Å²) in [6, 6.07) is 12.6. The standard InChI is InChI=1S/C29H34IN7O3/c1-2-39-25-19-21(13-14-24(25)40-26(38)22-11-5-6-12-23(22)30)20-31-35-27-32-28(36-15-7-3-8-16-36)34-29(33-27)37-17-9-4-10-18-37/h5-6,11-14,19-20H,2-4,7-10,15-18H2,1H3,(H,32,33,34,35)/b31-20-. The Morgan fingerprint density at radius 3 is 2.20 bits per heavy atom. The van der Waals surface area contributed by atoms with E-state index >= 15 is 0 Å². The molecule has 0 radical (unpaired) electrons. The Hall–Kier alpha value is -3.48. The molecule has 1 N–H and O–H groups in total. The van der Waals surface area contributed by atoms with Gasteiger partial charge < -0.3 is 19.3 Å². The van der Waals surface area contributed by atoms with Crippen LogP contribution in [0.5, 0.6) is 11.5 Å². The van der Waals surface area contributed by atoms with Crippen LogP contribution < -0.4 is 24.7 Å². The summed E-state index contributed by atoms with van der Waals surface area (Å²) in [7, 11) is 0. The van der Waals surface area contributed by atoms with Crippen molar-refractivity contribution in [3.63, 3.8) is 0 Å². The number of esters is 1. The van der Waals surface area contributed by atoms with Gasteiger partial charge in [-0.15, -0.1) is 0 Å². The molecule has 210 valence electrons. The predicted octanol–water partition coefficient (Wildman–Crippen LogP) is 5.52. The number of benzene rings is 2. The van der Waals surface area contributed by atoms with E-state index in [-0.39, 0.29) is 0 Å². The number of aromatic nitrogens is 3. The molecule has 0 spiro atoms. The van der Waals surface area contributed by atoms with Crippen LogP contribution in [0.25, 0.3) is 0 Å². The Bertz CT molecular complexity index is 1300. The average molecular weight is 656 g/mol. The van der Waals surface area contributed by atoms with Crippen molar-refractivity contribution in [2.75, 3.05) is 48.0 Å². The van der Waals surface area contributed by atoms with Gasteiger partial charge >= 0.3 is 5.97 Å². The molecule has 5 rings (SSSR count). The summed E-state index contributed by atoms with van der Waals surface area (Å²) < 4.78 is 12.3. The highest BCUT2D eigenvalue weighted by Crippen LogP contribution is 2.29. The number of hydrogen-bond acceptors (Lipinski definition) is 10. The molecule has 11 heteroatoms. The summed E-state index contributed by atoms with van der Waals surface area (Å²) in [6.07, 6.45) is 8.71. The molecule has 2 saturated heterocycles. The van der Waals surface area contributed by atoms with Gasteiger partial charge in [0.25, 0.3) is 0 Å². The van der Waals surface area contributed by atoms with Crippen molar-refractivity contribution in [1.82, 2.24) is 15.0 Å². The number of nitrogens with one attached hydrogen (secondary N) is 1. The van der Waals surface area contributed by atoms with Gasteiger partial charge in [0.2, 0.25) is 17.8 Å². The molecule has 2 fully saturated rings. The predicted molar refractivity (Wildman–Crippen MR) is 165 cm³/mol. The molecule has 0 bridgehead atoms. The maximum Gasteiger partial charge on any atom is 0.344 e. The Morgan fingerprint density at radius 2 is 1.57 bits per heavy atom. The third kappa shape index (κ3) is 7.18. The Labute approximate surface area is 248 Å². The molecule has 2 aliphatic heterocycles. The summed E-state index contributed by atoms with van der Waals surface area (Å²) in [4.78, 5) is 31.4. The number of carbonyl (C=O) groups excluding carboxylic acids is 1. The van der Waals surface area contributed by atoms with Crippen LogP contribution in [0, 0.1) is 3.57 Å². The van der Waals surface area contributed by atoms with Crippen LogP contribution in [0.2, 0.25) is 0 Å².